The third kappa shape index (κ3) is 4.63. The number of halogens is 2. The lowest BCUT2D eigenvalue weighted by molar-refractivity contribution is -0.127. The van der Waals surface area contributed by atoms with Crippen molar-refractivity contribution in [2.75, 3.05) is 0 Å². The standard InChI is InChI=1S/C20H17F2N3O2/c21-14-7-5-13(16(22)10-14)9-19(26)25-18(20(23)27)11-15-8-6-12-3-1-2-4-17(12)24-15/h1-8,10,18H,9,11H2,(H2,23,27)(H,25,26)/t18-/m0/s1. The van der Waals surface area contributed by atoms with Gasteiger partial charge in [0, 0.05) is 23.6 Å². The van der Waals surface area contributed by atoms with E-state index in [9.17, 15) is 18.4 Å². The Labute approximate surface area is 154 Å². The molecular formula is C20H17F2N3O2. The van der Waals surface area contributed by atoms with Gasteiger partial charge >= 0.3 is 0 Å². The Balaban J connectivity index is 1.71. The molecule has 2 amide bonds. The van der Waals surface area contributed by atoms with E-state index in [1.807, 2.05) is 30.3 Å². The Morgan fingerprint density at radius 1 is 1.07 bits per heavy atom. The maximum atomic E-state index is 13.7. The summed E-state index contributed by atoms with van der Waals surface area (Å²) in [7, 11) is 0. The minimum absolute atomic E-state index is 0.0287. The molecule has 0 fully saturated rings. The number of aromatic nitrogens is 1. The predicted octanol–water partition coefficient (Wildman–Crippen LogP) is 2.27. The molecule has 0 saturated heterocycles. The lowest BCUT2D eigenvalue weighted by atomic mass is 10.1. The second-order valence-corrected chi connectivity index (χ2v) is 6.13. The van der Waals surface area contributed by atoms with Gasteiger partial charge in [0.1, 0.15) is 17.7 Å². The fourth-order valence-electron chi connectivity index (χ4n) is 2.74. The summed E-state index contributed by atoms with van der Waals surface area (Å²) in [5.41, 5.74) is 6.76. The minimum Gasteiger partial charge on any atom is -0.368 e. The van der Waals surface area contributed by atoms with E-state index in [0.717, 1.165) is 17.0 Å². The van der Waals surface area contributed by atoms with Gasteiger partial charge in [0.25, 0.3) is 0 Å². The molecular weight excluding hydrogens is 352 g/mol. The molecule has 1 heterocycles. The van der Waals surface area contributed by atoms with Crippen molar-refractivity contribution in [2.24, 2.45) is 5.73 Å². The van der Waals surface area contributed by atoms with Crippen molar-refractivity contribution in [1.29, 1.82) is 0 Å². The molecule has 3 rings (SSSR count). The van der Waals surface area contributed by atoms with Gasteiger partial charge in [0.15, 0.2) is 0 Å². The number of nitrogens with zero attached hydrogens (tertiary/aromatic N) is 1. The van der Waals surface area contributed by atoms with Crippen LogP contribution in [0.25, 0.3) is 10.9 Å². The third-order valence-electron chi connectivity index (χ3n) is 4.11. The van der Waals surface area contributed by atoms with E-state index in [1.165, 1.54) is 6.07 Å². The summed E-state index contributed by atoms with van der Waals surface area (Å²) in [6.45, 7) is 0. The third-order valence-corrected chi connectivity index (χ3v) is 4.11. The molecule has 27 heavy (non-hydrogen) atoms. The minimum atomic E-state index is -0.991. The monoisotopic (exact) mass is 369 g/mol. The van der Waals surface area contributed by atoms with E-state index in [1.54, 1.807) is 6.07 Å². The molecule has 0 unspecified atom stereocenters. The van der Waals surface area contributed by atoms with Crippen LogP contribution in [0.15, 0.2) is 54.6 Å². The highest BCUT2D eigenvalue weighted by Crippen LogP contribution is 2.13. The molecule has 0 aliphatic rings. The number of hydrogen-bond acceptors (Lipinski definition) is 3. The Bertz CT molecular complexity index is 1010. The summed E-state index contributed by atoms with van der Waals surface area (Å²) in [5.74, 6) is -2.87. The topological polar surface area (TPSA) is 85.1 Å². The van der Waals surface area contributed by atoms with Crippen molar-refractivity contribution in [3.8, 4) is 0 Å². The van der Waals surface area contributed by atoms with Crippen LogP contribution in [0.1, 0.15) is 11.3 Å². The van der Waals surface area contributed by atoms with Crippen molar-refractivity contribution < 1.29 is 18.4 Å². The van der Waals surface area contributed by atoms with Crippen LogP contribution in [-0.4, -0.2) is 22.8 Å². The Kier molecular flexibility index (Phi) is 5.40. The molecule has 0 aliphatic heterocycles. The molecule has 0 aliphatic carbocycles. The number of rotatable bonds is 6. The first kappa shape index (κ1) is 18.4. The number of fused-ring (bicyclic) bond motifs is 1. The number of amides is 2. The largest absolute Gasteiger partial charge is 0.368 e. The maximum Gasteiger partial charge on any atom is 0.240 e. The summed E-state index contributed by atoms with van der Waals surface area (Å²) in [6.07, 6.45) is -0.223. The normalized spacial score (nSPS) is 11.9. The second-order valence-electron chi connectivity index (χ2n) is 6.13. The van der Waals surface area contributed by atoms with Gasteiger partial charge < -0.3 is 11.1 Å². The number of carbonyl (C=O) groups is 2. The SMILES string of the molecule is NC(=O)[C@H](Cc1ccc2ccccc2n1)NC(=O)Cc1ccc(F)cc1F. The Morgan fingerprint density at radius 3 is 2.59 bits per heavy atom. The Hall–Kier alpha value is -3.35. The highest BCUT2D eigenvalue weighted by Gasteiger charge is 2.20. The Morgan fingerprint density at radius 2 is 1.85 bits per heavy atom. The van der Waals surface area contributed by atoms with Crippen LogP contribution < -0.4 is 11.1 Å². The summed E-state index contributed by atoms with van der Waals surface area (Å²) in [4.78, 5) is 28.3. The fourth-order valence-corrected chi connectivity index (χ4v) is 2.74. The van der Waals surface area contributed by atoms with Crippen molar-refractivity contribution >= 4 is 22.7 Å². The number of nitrogens with two attached hydrogens (primary N) is 1. The summed E-state index contributed by atoms with van der Waals surface area (Å²) < 4.78 is 26.6. The predicted molar refractivity (Wildman–Crippen MR) is 96.6 cm³/mol. The molecule has 0 radical (unpaired) electrons. The van der Waals surface area contributed by atoms with Crippen LogP contribution in [0.3, 0.4) is 0 Å². The number of para-hydroxylation sites is 1. The van der Waals surface area contributed by atoms with Crippen LogP contribution >= 0.6 is 0 Å². The molecule has 0 spiro atoms. The molecule has 3 N–H and O–H groups in total. The lowest BCUT2D eigenvalue weighted by Gasteiger charge is -2.15. The molecule has 1 aromatic heterocycles. The van der Waals surface area contributed by atoms with E-state index in [0.29, 0.717) is 11.8 Å². The van der Waals surface area contributed by atoms with Crippen molar-refractivity contribution in [3.05, 3.63) is 77.5 Å². The van der Waals surface area contributed by atoms with Gasteiger partial charge in [-0.3, -0.25) is 14.6 Å². The average Bonchev–Trinajstić information content (AvgIpc) is 2.63. The number of nitrogens with one attached hydrogen (secondary N) is 1. The van der Waals surface area contributed by atoms with Crippen LogP contribution in [0.2, 0.25) is 0 Å². The number of pyridine rings is 1. The first-order chi connectivity index (χ1) is 12.9. The van der Waals surface area contributed by atoms with Gasteiger partial charge in [-0.1, -0.05) is 30.3 Å². The molecule has 3 aromatic rings. The zero-order chi connectivity index (χ0) is 19.4. The average molecular weight is 369 g/mol. The highest BCUT2D eigenvalue weighted by molar-refractivity contribution is 5.87. The van der Waals surface area contributed by atoms with Gasteiger partial charge in [-0.15, -0.1) is 0 Å². The first-order valence-electron chi connectivity index (χ1n) is 8.29. The second kappa shape index (κ2) is 7.90. The number of primary amides is 1. The van der Waals surface area contributed by atoms with Crippen molar-refractivity contribution in [1.82, 2.24) is 10.3 Å². The fraction of sp³-hybridized carbons (Fsp3) is 0.150. The summed E-state index contributed by atoms with van der Waals surface area (Å²) in [5, 5.41) is 3.44. The van der Waals surface area contributed by atoms with E-state index in [-0.39, 0.29) is 18.4 Å². The van der Waals surface area contributed by atoms with E-state index < -0.39 is 29.5 Å². The molecule has 2 aromatic carbocycles. The van der Waals surface area contributed by atoms with Crippen LogP contribution in [0.5, 0.6) is 0 Å². The molecule has 138 valence electrons. The van der Waals surface area contributed by atoms with Gasteiger partial charge in [-0.2, -0.15) is 0 Å². The van der Waals surface area contributed by atoms with Gasteiger partial charge in [-0.25, -0.2) is 8.78 Å². The van der Waals surface area contributed by atoms with Crippen molar-refractivity contribution in [2.45, 2.75) is 18.9 Å². The summed E-state index contributed by atoms with van der Waals surface area (Å²) >= 11 is 0. The van der Waals surface area contributed by atoms with Gasteiger partial charge in [0.05, 0.1) is 11.9 Å². The molecule has 7 heteroatoms. The van der Waals surface area contributed by atoms with Gasteiger partial charge in [0.2, 0.25) is 11.8 Å². The molecule has 0 bridgehead atoms. The zero-order valence-corrected chi connectivity index (χ0v) is 14.3. The number of benzene rings is 2. The van der Waals surface area contributed by atoms with Crippen LogP contribution in [0.4, 0.5) is 8.78 Å². The number of carbonyl (C=O) groups excluding carboxylic acids is 2. The van der Waals surface area contributed by atoms with E-state index >= 15 is 0 Å². The molecule has 0 saturated carbocycles. The van der Waals surface area contributed by atoms with Gasteiger partial charge in [-0.05, 0) is 23.8 Å². The smallest absolute Gasteiger partial charge is 0.240 e. The lowest BCUT2D eigenvalue weighted by Crippen LogP contribution is -2.46. The van der Waals surface area contributed by atoms with E-state index in [2.05, 4.69) is 10.3 Å². The summed E-state index contributed by atoms with van der Waals surface area (Å²) in [6, 6.07) is 13.1. The quantitative estimate of drug-likeness (QED) is 0.699. The highest BCUT2D eigenvalue weighted by atomic mass is 19.1. The molecule has 5 nitrogen and oxygen atoms in total. The molecule has 1 atom stereocenters. The van der Waals surface area contributed by atoms with Crippen LogP contribution in [-0.2, 0) is 22.4 Å². The zero-order valence-electron chi connectivity index (χ0n) is 14.3. The van der Waals surface area contributed by atoms with Crippen LogP contribution in [0, 0.1) is 11.6 Å². The number of hydrogen-bond donors (Lipinski definition) is 2. The first-order valence-corrected chi connectivity index (χ1v) is 8.29. The van der Waals surface area contributed by atoms with E-state index in [4.69, 9.17) is 5.73 Å². The maximum absolute atomic E-state index is 13.7. The van der Waals surface area contributed by atoms with Crippen molar-refractivity contribution in [3.63, 3.8) is 0 Å².